The molecule has 1 fully saturated rings. The molecule has 5 heteroatoms. The van der Waals surface area contributed by atoms with Crippen LogP contribution in [-0.2, 0) is 6.42 Å². The van der Waals surface area contributed by atoms with E-state index in [9.17, 15) is 0 Å². The Bertz CT molecular complexity index is 874. The number of anilines is 2. The molecule has 1 saturated heterocycles. The molecule has 1 aliphatic heterocycles. The Morgan fingerprint density at radius 1 is 1.48 bits per heavy atom. The zero-order valence-electron chi connectivity index (χ0n) is 16.7. The van der Waals surface area contributed by atoms with E-state index < -0.39 is 0 Å². The van der Waals surface area contributed by atoms with Gasteiger partial charge in [0.2, 0.25) is 0 Å². The molecule has 0 bridgehead atoms. The van der Waals surface area contributed by atoms with Gasteiger partial charge >= 0.3 is 0 Å². The van der Waals surface area contributed by atoms with Crippen molar-refractivity contribution in [3.05, 3.63) is 54.0 Å². The number of allylic oxidation sites excluding steroid dienone is 3. The van der Waals surface area contributed by atoms with Crippen LogP contribution in [0.15, 0.2) is 48.5 Å². The van der Waals surface area contributed by atoms with Crippen molar-refractivity contribution in [2.24, 2.45) is 5.73 Å². The number of pyridine rings is 1. The molecule has 1 unspecified atom stereocenters. The number of rotatable bonds is 6. The lowest BCUT2D eigenvalue weighted by Gasteiger charge is -2.34. The Kier molecular flexibility index (Phi) is 6.01. The van der Waals surface area contributed by atoms with Crippen molar-refractivity contribution in [1.82, 2.24) is 9.97 Å². The number of aromatic nitrogens is 2. The fourth-order valence-corrected chi connectivity index (χ4v) is 3.84. The highest BCUT2D eigenvalue weighted by Gasteiger charge is 2.23. The van der Waals surface area contributed by atoms with Gasteiger partial charge in [0, 0.05) is 37.2 Å². The molecule has 0 spiro atoms. The van der Waals surface area contributed by atoms with Crippen molar-refractivity contribution in [2.75, 3.05) is 23.3 Å². The van der Waals surface area contributed by atoms with Crippen LogP contribution in [0.3, 0.4) is 0 Å². The molecular weight excluding hydrogens is 334 g/mol. The summed E-state index contributed by atoms with van der Waals surface area (Å²) in [4.78, 5) is 10.4. The number of fused-ring (bicyclic) bond motifs is 1. The Morgan fingerprint density at radius 3 is 2.96 bits per heavy atom. The Hall–Kier alpha value is -2.53. The molecule has 2 aromatic rings. The predicted octanol–water partition coefficient (Wildman–Crippen LogP) is 4.50. The van der Waals surface area contributed by atoms with Crippen molar-refractivity contribution in [3.63, 3.8) is 0 Å². The van der Waals surface area contributed by atoms with Crippen molar-refractivity contribution in [3.8, 4) is 0 Å². The zero-order valence-corrected chi connectivity index (χ0v) is 16.7. The number of hydrogen-bond acceptors (Lipinski definition) is 4. The van der Waals surface area contributed by atoms with Crippen molar-refractivity contribution < 1.29 is 0 Å². The molecule has 2 aromatic heterocycles. The molecule has 3 rings (SSSR count). The Balaban J connectivity index is 2.06. The van der Waals surface area contributed by atoms with E-state index in [1.165, 1.54) is 11.3 Å². The maximum atomic E-state index is 6.27. The van der Waals surface area contributed by atoms with E-state index >= 15 is 0 Å². The van der Waals surface area contributed by atoms with Gasteiger partial charge in [0.15, 0.2) is 0 Å². The van der Waals surface area contributed by atoms with Gasteiger partial charge in [-0.1, -0.05) is 31.7 Å². The predicted molar refractivity (Wildman–Crippen MR) is 116 cm³/mol. The summed E-state index contributed by atoms with van der Waals surface area (Å²) in [5.74, 6) is 0. The fraction of sp³-hybridized carbons (Fsp3) is 0.409. The number of aryl methyl sites for hydroxylation is 1. The van der Waals surface area contributed by atoms with E-state index in [0.717, 1.165) is 60.3 Å². The minimum Gasteiger partial charge on any atom is -0.369 e. The lowest BCUT2D eigenvalue weighted by atomic mass is 10.0. The van der Waals surface area contributed by atoms with Crippen LogP contribution in [0, 0.1) is 0 Å². The maximum absolute atomic E-state index is 6.27. The molecule has 27 heavy (non-hydrogen) atoms. The van der Waals surface area contributed by atoms with Crippen molar-refractivity contribution in [2.45, 2.75) is 46.1 Å². The van der Waals surface area contributed by atoms with E-state index in [1.54, 1.807) is 0 Å². The Morgan fingerprint density at radius 2 is 2.30 bits per heavy atom. The third-order valence-corrected chi connectivity index (χ3v) is 5.20. The molecule has 0 radical (unpaired) electrons. The largest absolute Gasteiger partial charge is 0.369 e. The minimum absolute atomic E-state index is 0.223. The van der Waals surface area contributed by atoms with Crippen LogP contribution in [0.25, 0.3) is 11.0 Å². The quantitative estimate of drug-likeness (QED) is 0.659. The molecule has 1 aliphatic rings. The first kappa shape index (κ1) is 19.2. The summed E-state index contributed by atoms with van der Waals surface area (Å²) >= 11 is 0. The van der Waals surface area contributed by atoms with Gasteiger partial charge < -0.3 is 20.9 Å². The van der Waals surface area contributed by atoms with Gasteiger partial charge in [-0.25, -0.2) is 4.98 Å². The van der Waals surface area contributed by atoms with E-state index in [-0.39, 0.29) is 6.04 Å². The van der Waals surface area contributed by atoms with Crippen LogP contribution in [0.1, 0.15) is 39.2 Å². The van der Waals surface area contributed by atoms with Crippen LogP contribution in [0.4, 0.5) is 11.4 Å². The summed E-state index contributed by atoms with van der Waals surface area (Å²) in [7, 11) is 0. The average Bonchev–Trinajstić information content (AvgIpc) is 3.07. The summed E-state index contributed by atoms with van der Waals surface area (Å²) in [6, 6.07) is 0.223. The first-order valence-corrected chi connectivity index (χ1v) is 9.83. The highest BCUT2D eigenvalue weighted by molar-refractivity contribution is 6.02. The van der Waals surface area contributed by atoms with Crippen LogP contribution >= 0.6 is 0 Å². The molecule has 0 amide bonds. The molecule has 3 heterocycles. The maximum Gasteiger partial charge on any atom is 0.141 e. The van der Waals surface area contributed by atoms with Crippen LogP contribution in [0.5, 0.6) is 0 Å². The zero-order chi connectivity index (χ0) is 19.4. The number of H-pyrrole nitrogens is 1. The lowest BCUT2D eigenvalue weighted by molar-refractivity contribution is 0.506. The summed E-state index contributed by atoms with van der Waals surface area (Å²) in [6.07, 6.45) is 13.3. The van der Waals surface area contributed by atoms with Gasteiger partial charge in [0.1, 0.15) is 5.65 Å². The number of nitrogens with one attached hydrogen (secondary N) is 2. The molecule has 0 aliphatic carbocycles. The third-order valence-electron chi connectivity index (χ3n) is 5.20. The number of aromatic amines is 1. The molecule has 4 N–H and O–H groups in total. The first-order chi connectivity index (χ1) is 13.1. The van der Waals surface area contributed by atoms with Crippen LogP contribution in [0.2, 0.25) is 0 Å². The number of piperidine rings is 1. The third kappa shape index (κ3) is 3.93. The SMILES string of the molecule is C=C(Nc1c[nH]c2ncc(CC)c(N3CCCC(N)C3)c12)C(/C=C\C)=C/C. The van der Waals surface area contributed by atoms with Crippen molar-refractivity contribution >= 4 is 22.4 Å². The summed E-state index contributed by atoms with van der Waals surface area (Å²) in [5.41, 5.74) is 12.6. The second-order valence-electron chi connectivity index (χ2n) is 7.11. The minimum atomic E-state index is 0.223. The van der Waals surface area contributed by atoms with Gasteiger partial charge in [-0.05, 0) is 44.2 Å². The first-order valence-electron chi connectivity index (χ1n) is 9.83. The number of nitrogens with two attached hydrogens (primary N) is 1. The number of hydrogen-bond donors (Lipinski definition) is 3. The van der Waals surface area contributed by atoms with E-state index in [0.29, 0.717) is 0 Å². The van der Waals surface area contributed by atoms with Gasteiger partial charge in [-0.3, -0.25) is 0 Å². The highest BCUT2D eigenvalue weighted by atomic mass is 15.2. The second kappa shape index (κ2) is 8.44. The van der Waals surface area contributed by atoms with Gasteiger partial charge in [-0.15, -0.1) is 0 Å². The van der Waals surface area contributed by atoms with Crippen molar-refractivity contribution in [1.29, 1.82) is 0 Å². The number of nitrogens with zero attached hydrogens (tertiary/aromatic N) is 2. The molecule has 144 valence electrons. The standard InChI is InChI=1S/C22H31N5/c1-5-9-16(6-2)15(4)26-19-13-25-22-20(19)21(17(7-3)12-24-22)27-11-8-10-18(23)14-27/h5-6,9,12-13,18,26H,4,7-8,10-11,14,23H2,1-3H3,(H,24,25)/b9-5-,16-6+. The molecular formula is C22H31N5. The normalized spacial score (nSPS) is 18.4. The van der Waals surface area contributed by atoms with Gasteiger partial charge in [0.25, 0.3) is 0 Å². The van der Waals surface area contributed by atoms with E-state index in [2.05, 4.69) is 45.8 Å². The monoisotopic (exact) mass is 365 g/mol. The summed E-state index contributed by atoms with van der Waals surface area (Å²) in [5, 5.41) is 4.63. The van der Waals surface area contributed by atoms with Crippen LogP contribution < -0.4 is 16.0 Å². The lowest BCUT2D eigenvalue weighted by Crippen LogP contribution is -2.43. The van der Waals surface area contributed by atoms with Gasteiger partial charge in [0.05, 0.1) is 16.8 Å². The molecule has 0 aromatic carbocycles. The summed E-state index contributed by atoms with van der Waals surface area (Å²) in [6.45, 7) is 12.4. The van der Waals surface area contributed by atoms with Crippen LogP contribution in [-0.4, -0.2) is 29.1 Å². The van der Waals surface area contributed by atoms with E-state index in [4.69, 9.17) is 5.73 Å². The molecule has 1 atom stereocenters. The average molecular weight is 366 g/mol. The molecule has 0 saturated carbocycles. The smallest absolute Gasteiger partial charge is 0.141 e. The summed E-state index contributed by atoms with van der Waals surface area (Å²) < 4.78 is 0. The van der Waals surface area contributed by atoms with E-state index in [1.807, 2.05) is 32.3 Å². The Labute approximate surface area is 162 Å². The molecule has 5 nitrogen and oxygen atoms in total. The second-order valence-corrected chi connectivity index (χ2v) is 7.11. The fourth-order valence-electron chi connectivity index (χ4n) is 3.84. The highest BCUT2D eigenvalue weighted by Crippen LogP contribution is 2.37. The van der Waals surface area contributed by atoms with Gasteiger partial charge in [-0.2, -0.15) is 0 Å². The topological polar surface area (TPSA) is 70.0 Å².